The van der Waals surface area contributed by atoms with Gasteiger partial charge in [0.2, 0.25) is 0 Å². The van der Waals surface area contributed by atoms with E-state index in [1.165, 1.54) is 6.26 Å². The Morgan fingerprint density at radius 2 is 1.61 bits per heavy atom. The lowest BCUT2D eigenvalue weighted by molar-refractivity contribution is -0.142. The first-order chi connectivity index (χ1) is 10.6. The van der Waals surface area contributed by atoms with E-state index in [9.17, 15) is 26.3 Å². The van der Waals surface area contributed by atoms with Crippen LogP contribution < -0.4 is 0 Å². The molecular weight excluding hydrogens is 364 g/mol. The Labute approximate surface area is 134 Å². The summed E-state index contributed by atoms with van der Waals surface area (Å²) in [6.07, 6.45) is -7.04. The molecule has 0 aromatic carbocycles. The fourth-order valence-electron chi connectivity index (χ4n) is 1.41. The van der Waals surface area contributed by atoms with E-state index in [-0.39, 0.29) is 15.2 Å². The number of hydrogen-bond acceptors (Lipinski definition) is 5. The van der Waals surface area contributed by atoms with Gasteiger partial charge >= 0.3 is 12.4 Å². The Bertz CT molecular complexity index is 685. The molecule has 0 radical (unpaired) electrons. The topological polar surface area (TPSA) is 38.7 Å². The van der Waals surface area contributed by atoms with Gasteiger partial charge in [-0.2, -0.15) is 26.3 Å². The summed E-state index contributed by atoms with van der Waals surface area (Å²) < 4.78 is 75.6. The maximum absolute atomic E-state index is 12.8. The third-order valence-electron chi connectivity index (χ3n) is 2.43. The molecule has 2 rings (SSSR count). The van der Waals surface area contributed by atoms with Crippen molar-refractivity contribution >= 4 is 23.5 Å². The fraction of sp³-hybridized carbons (Fsp3) is 0.250. The van der Waals surface area contributed by atoms with Gasteiger partial charge in [0.15, 0.2) is 5.16 Å². The number of pyridine rings is 1. The molecule has 0 spiro atoms. The third kappa shape index (κ3) is 4.74. The smallest absolute Gasteiger partial charge is 0.249 e. The second kappa shape index (κ2) is 6.56. The van der Waals surface area contributed by atoms with Crippen molar-refractivity contribution in [3.63, 3.8) is 0 Å². The molecule has 11 heteroatoms. The minimum absolute atomic E-state index is 0.0519. The zero-order valence-electron chi connectivity index (χ0n) is 11.2. The van der Waals surface area contributed by atoms with Crippen molar-refractivity contribution in [3.05, 3.63) is 35.7 Å². The van der Waals surface area contributed by atoms with E-state index in [0.717, 1.165) is 41.7 Å². The number of nitrogens with zero attached hydrogens (tertiary/aromatic N) is 3. The first-order valence-corrected chi connectivity index (χ1v) is 7.85. The predicted molar refractivity (Wildman–Crippen MR) is 72.2 cm³/mol. The molecule has 0 aliphatic carbocycles. The zero-order valence-corrected chi connectivity index (χ0v) is 12.9. The maximum atomic E-state index is 12.8. The van der Waals surface area contributed by atoms with Crippen LogP contribution in [0.5, 0.6) is 0 Å². The number of halogens is 6. The van der Waals surface area contributed by atoms with Crippen LogP contribution in [0.4, 0.5) is 26.3 Å². The molecule has 2 heterocycles. The molecule has 2 aromatic rings. The summed E-state index contributed by atoms with van der Waals surface area (Å²) in [5.41, 5.74) is -2.06. The van der Waals surface area contributed by atoms with Crippen molar-refractivity contribution in [3.8, 4) is 0 Å². The summed E-state index contributed by atoms with van der Waals surface area (Å²) in [7, 11) is 0. The Morgan fingerprint density at radius 3 is 2.09 bits per heavy atom. The summed E-state index contributed by atoms with van der Waals surface area (Å²) in [5.74, 6) is 0. The Hall–Kier alpha value is -1.49. The van der Waals surface area contributed by atoms with Crippen LogP contribution >= 0.6 is 23.5 Å². The fourth-order valence-corrected chi connectivity index (χ4v) is 2.60. The van der Waals surface area contributed by atoms with Crippen molar-refractivity contribution in [2.24, 2.45) is 0 Å². The lowest BCUT2D eigenvalue weighted by Gasteiger charge is -2.09. The van der Waals surface area contributed by atoms with Gasteiger partial charge in [0, 0.05) is 12.3 Å². The first kappa shape index (κ1) is 17.9. The third-order valence-corrected chi connectivity index (χ3v) is 3.84. The molecule has 124 valence electrons. The number of rotatable bonds is 3. The van der Waals surface area contributed by atoms with Crippen molar-refractivity contribution in [1.82, 2.24) is 15.0 Å². The largest absolute Gasteiger partial charge is 0.433 e. The number of thioether (sulfide) groups is 1. The van der Waals surface area contributed by atoms with Crippen LogP contribution in [-0.2, 0) is 12.4 Å². The Kier molecular flexibility index (Phi) is 5.09. The van der Waals surface area contributed by atoms with Gasteiger partial charge < -0.3 is 0 Å². The molecule has 0 aliphatic heterocycles. The van der Waals surface area contributed by atoms with E-state index < -0.39 is 23.6 Å². The normalized spacial score (nSPS) is 12.5. The van der Waals surface area contributed by atoms with Crippen LogP contribution in [0.1, 0.15) is 11.3 Å². The second-order valence-electron chi connectivity index (χ2n) is 4.06. The molecule has 0 fully saturated rings. The van der Waals surface area contributed by atoms with Crippen molar-refractivity contribution in [2.75, 3.05) is 6.26 Å². The molecule has 0 saturated heterocycles. The number of aromatic nitrogens is 3. The Balaban J connectivity index is 2.29. The first-order valence-electron chi connectivity index (χ1n) is 5.81. The lowest BCUT2D eigenvalue weighted by Crippen LogP contribution is -2.09. The Morgan fingerprint density at radius 1 is 0.913 bits per heavy atom. The average Bonchev–Trinajstić information content (AvgIpc) is 2.45. The zero-order chi connectivity index (χ0) is 17.3. The summed E-state index contributed by atoms with van der Waals surface area (Å²) in [6, 6.07) is 2.60. The molecule has 0 saturated carbocycles. The lowest BCUT2D eigenvalue weighted by atomic mass is 10.3. The molecule has 3 nitrogen and oxygen atoms in total. The van der Waals surface area contributed by atoms with Gasteiger partial charge in [0.1, 0.15) is 15.7 Å². The van der Waals surface area contributed by atoms with Crippen molar-refractivity contribution in [2.45, 2.75) is 27.6 Å². The number of hydrogen-bond donors (Lipinski definition) is 0. The van der Waals surface area contributed by atoms with Crippen LogP contribution in [0.15, 0.2) is 39.6 Å². The van der Waals surface area contributed by atoms with Crippen molar-refractivity contribution in [1.29, 1.82) is 0 Å². The molecule has 0 amide bonds. The van der Waals surface area contributed by atoms with Crippen LogP contribution in [0.25, 0.3) is 0 Å². The average molecular weight is 371 g/mol. The van der Waals surface area contributed by atoms with Crippen LogP contribution in [0.3, 0.4) is 0 Å². The molecule has 0 unspecified atom stereocenters. The standard InChI is InChI=1S/C12H7F6N3S2/c1-22-10-20-7(12(16,17)18)4-9(21-10)23-8-3-2-6(5-19-8)11(13,14)15/h2-5H,1H3. The minimum Gasteiger partial charge on any atom is -0.249 e. The van der Waals surface area contributed by atoms with Gasteiger partial charge in [-0.15, -0.1) is 0 Å². The van der Waals surface area contributed by atoms with E-state index in [0.29, 0.717) is 6.20 Å². The monoisotopic (exact) mass is 371 g/mol. The number of alkyl halides is 6. The van der Waals surface area contributed by atoms with E-state index in [2.05, 4.69) is 15.0 Å². The van der Waals surface area contributed by atoms with E-state index in [1.807, 2.05) is 0 Å². The maximum Gasteiger partial charge on any atom is 0.433 e. The summed E-state index contributed by atoms with van der Waals surface area (Å²) in [6.45, 7) is 0. The summed E-state index contributed by atoms with van der Waals surface area (Å²) in [5, 5.41) is -0.0463. The van der Waals surface area contributed by atoms with E-state index in [1.54, 1.807) is 0 Å². The molecule has 0 bridgehead atoms. The highest BCUT2D eigenvalue weighted by molar-refractivity contribution is 7.99. The second-order valence-corrected chi connectivity index (χ2v) is 5.87. The van der Waals surface area contributed by atoms with Gasteiger partial charge in [-0.3, -0.25) is 0 Å². The quantitative estimate of drug-likeness (QED) is 0.336. The van der Waals surface area contributed by atoms with Crippen LogP contribution in [0, 0.1) is 0 Å². The summed E-state index contributed by atoms with van der Waals surface area (Å²) >= 11 is 1.65. The molecule has 0 atom stereocenters. The molecule has 0 aliphatic rings. The SMILES string of the molecule is CSc1nc(Sc2ccc(C(F)(F)F)cn2)cc(C(F)(F)F)n1. The highest BCUT2D eigenvalue weighted by atomic mass is 32.2. The molecular formula is C12H7F6N3S2. The highest BCUT2D eigenvalue weighted by Crippen LogP contribution is 2.34. The van der Waals surface area contributed by atoms with Gasteiger partial charge in [-0.1, -0.05) is 11.8 Å². The molecule has 2 aromatic heterocycles. The predicted octanol–water partition coefficient (Wildman–Crippen LogP) is 4.78. The van der Waals surface area contributed by atoms with Crippen molar-refractivity contribution < 1.29 is 26.3 Å². The van der Waals surface area contributed by atoms with E-state index in [4.69, 9.17) is 0 Å². The van der Waals surface area contributed by atoms with Gasteiger partial charge in [-0.05, 0) is 30.2 Å². The van der Waals surface area contributed by atoms with E-state index >= 15 is 0 Å². The van der Waals surface area contributed by atoms with Crippen LogP contribution in [0.2, 0.25) is 0 Å². The van der Waals surface area contributed by atoms with Gasteiger partial charge in [0.25, 0.3) is 0 Å². The van der Waals surface area contributed by atoms with Crippen LogP contribution in [-0.4, -0.2) is 21.2 Å². The molecule has 23 heavy (non-hydrogen) atoms. The molecule has 0 N–H and O–H groups in total. The highest BCUT2D eigenvalue weighted by Gasteiger charge is 2.34. The van der Waals surface area contributed by atoms with Gasteiger partial charge in [0.05, 0.1) is 5.56 Å². The van der Waals surface area contributed by atoms with Gasteiger partial charge in [-0.25, -0.2) is 15.0 Å². The summed E-state index contributed by atoms with van der Waals surface area (Å²) in [4.78, 5) is 10.8. The minimum atomic E-state index is -4.64.